The number of rotatable bonds is 5. The van der Waals surface area contributed by atoms with Gasteiger partial charge in [0.15, 0.2) is 5.56 Å². The van der Waals surface area contributed by atoms with Crippen LogP contribution in [0.2, 0.25) is 0 Å². The van der Waals surface area contributed by atoms with Crippen LogP contribution in [0.15, 0.2) is 48.5 Å². The molecule has 2 rings (SSSR count). The van der Waals surface area contributed by atoms with E-state index in [9.17, 15) is 30.3 Å². The Bertz CT molecular complexity index is 791. The maximum absolute atomic E-state index is 11.7. The molecule has 0 heterocycles. The Hall–Kier alpha value is -3.36. The van der Waals surface area contributed by atoms with Crippen LogP contribution in [0.1, 0.15) is 16.7 Å². The standard InChI is InChI=1S/C14H11N3O6/c1-10-6-2-3-7-11(10)14(16(20)21,17(22)23)12-8-4-5-9-13(12)15(18)19/h2-9H,1H3. The molecule has 0 bridgehead atoms. The molecule has 0 radical (unpaired) electrons. The number of hydrogen-bond acceptors (Lipinski definition) is 6. The molecule has 0 saturated carbocycles. The normalized spacial score (nSPS) is 11.0. The van der Waals surface area contributed by atoms with Crippen LogP contribution in [0, 0.1) is 37.3 Å². The SMILES string of the molecule is Cc1ccccc1C(c1ccccc1[N+](=O)[O-])([N+](=O)[O-])[N+](=O)[O-]. The summed E-state index contributed by atoms with van der Waals surface area (Å²) in [5.41, 5.74) is -4.14. The van der Waals surface area contributed by atoms with Crippen LogP contribution < -0.4 is 0 Å². The van der Waals surface area contributed by atoms with E-state index in [1.165, 1.54) is 37.3 Å². The lowest BCUT2D eigenvalue weighted by molar-refractivity contribution is -0.796. The van der Waals surface area contributed by atoms with Crippen LogP contribution in [0.5, 0.6) is 0 Å². The summed E-state index contributed by atoms with van der Waals surface area (Å²) in [4.78, 5) is 31.6. The van der Waals surface area contributed by atoms with Crippen molar-refractivity contribution in [2.75, 3.05) is 0 Å². The van der Waals surface area contributed by atoms with Crippen molar-refractivity contribution in [3.8, 4) is 0 Å². The van der Waals surface area contributed by atoms with E-state index >= 15 is 0 Å². The molecule has 0 amide bonds. The first kappa shape index (κ1) is 16.0. The molecule has 0 aliphatic rings. The van der Waals surface area contributed by atoms with Gasteiger partial charge in [0.05, 0.1) is 4.92 Å². The Morgan fingerprint density at radius 1 is 0.783 bits per heavy atom. The third-order valence-electron chi connectivity index (χ3n) is 3.53. The first-order chi connectivity index (χ1) is 10.8. The second-order valence-corrected chi connectivity index (χ2v) is 4.78. The predicted molar refractivity (Wildman–Crippen MR) is 79.0 cm³/mol. The Balaban J connectivity index is 2.96. The predicted octanol–water partition coefficient (Wildman–Crippen LogP) is 2.66. The van der Waals surface area contributed by atoms with Crippen molar-refractivity contribution in [2.45, 2.75) is 12.6 Å². The van der Waals surface area contributed by atoms with Crippen molar-refractivity contribution in [3.63, 3.8) is 0 Å². The van der Waals surface area contributed by atoms with Gasteiger partial charge in [-0.25, -0.2) is 0 Å². The molecule has 0 fully saturated rings. The Morgan fingerprint density at radius 3 is 1.74 bits per heavy atom. The summed E-state index contributed by atoms with van der Waals surface area (Å²) in [5.74, 6) is 0. The molecule has 2 aromatic rings. The minimum Gasteiger partial charge on any atom is -0.258 e. The molecule has 9 heteroatoms. The van der Waals surface area contributed by atoms with Crippen LogP contribution in [0.3, 0.4) is 0 Å². The highest BCUT2D eigenvalue weighted by Gasteiger charge is 2.63. The van der Waals surface area contributed by atoms with E-state index in [0.29, 0.717) is 5.56 Å². The highest BCUT2D eigenvalue weighted by Crippen LogP contribution is 2.39. The van der Waals surface area contributed by atoms with E-state index in [1.807, 2.05) is 0 Å². The van der Waals surface area contributed by atoms with Crippen molar-refractivity contribution in [2.24, 2.45) is 0 Å². The van der Waals surface area contributed by atoms with Crippen LogP contribution in [-0.2, 0) is 5.66 Å². The van der Waals surface area contributed by atoms with Crippen molar-refractivity contribution in [3.05, 3.63) is 95.6 Å². The molecule has 0 atom stereocenters. The van der Waals surface area contributed by atoms with E-state index in [1.54, 1.807) is 6.07 Å². The fourth-order valence-electron chi connectivity index (χ4n) is 2.50. The summed E-state index contributed by atoms with van der Waals surface area (Å²) in [6.45, 7) is 1.48. The summed E-state index contributed by atoms with van der Waals surface area (Å²) < 4.78 is 0. The molecule has 0 aromatic heterocycles. The summed E-state index contributed by atoms with van der Waals surface area (Å²) >= 11 is 0. The number of para-hydroxylation sites is 1. The topological polar surface area (TPSA) is 129 Å². The molecular formula is C14H11N3O6. The zero-order valence-corrected chi connectivity index (χ0v) is 11.9. The average molecular weight is 317 g/mol. The van der Waals surface area contributed by atoms with Crippen LogP contribution in [-0.4, -0.2) is 14.8 Å². The number of aryl methyl sites for hydroxylation is 1. The minimum absolute atomic E-state index is 0.218. The fourth-order valence-corrected chi connectivity index (χ4v) is 2.50. The number of benzene rings is 2. The molecule has 0 unspecified atom stereocenters. The molecule has 9 nitrogen and oxygen atoms in total. The van der Waals surface area contributed by atoms with Gasteiger partial charge < -0.3 is 0 Å². The highest BCUT2D eigenvalue weighted by molar-refractivity contribution is 5.48. The molecule has 0 aliphatic carbocycles. The molecule has 0 N–H and O–H groups in total. The van der Waals surface area contributed by atoms with Gasteiger partial charge in [-0.3, -0.25) is 30.3 Å². The zero-order chi connectivity index (χ0) is 17.2. The van der Waals surface area contributed by atoms with Gasteiger partial charge in [0, 0.05) is 6.07 Å². The molecule has 118 valence electrons. The third-order valence-corrected chi connectivity index (χ3v) is 3.53. The monoisotopic (exact) mass is 317 g/mol. The van der Waals surface area contributed by atoms with Gasteiger partial charge in [-0.15, -0.1) is 0 Å². The number of nitrogens with zero attached hydrogens (tertiary/aromatic N) is 3. The lowest BCUT2D eigenvalue weighted by Crippen LogP contribution is -2.45. The second-order valence-electron chi connectivity index (χ2n) is 4.78. The van der Waals surface area contributed by atoms with Crippen LogP contribution >= 0.6 is 0 Å². The quantitative estimate of drug-likeness (QED) is 0.473. The lowest BCUT2D eigenvalue weighted by Gasteiger charge is -2.19. The summed E-state index contributed by atoms with van der Waals surface area (Å²) in [6.07, 6.45) is 0. The van der Waals surface area contributed by atoms with Crippen molar-refractivity contribution < 1.29 is 14.8 Å². The third kappa shape index (κ3) is 2.37. The van der Waals surface area contributed by atoms with E-state index in [4.69, 9.17) is 0 Å². The molecule has 0 saturated heterocycles. The van der Waals surface area contributed by atoms with Crippen molar-refractivity contribution in [1.29, 1.82) is 0 Å². The molecule has 23 heavy (non-hydrogen) atoms. The minimum atomic E-state index is -2.95. The number of hydrogen-bond donors (Lipinski definition) is 0. The molecule has 0 spiro atoms. The average Bonchev–Trinajstić information content (AvgIpc) is 2.49. The van der Waals surface area contributed by atoms with Gasteiger partial charge >= 0.3 is 5.66 Å². The number of nitro groups is 3. The summed E-state index contributed by atoms with van der Waals surface area (Å²) in [5, 5.41) is 34.7. The largest absolute Gasteiger partial charge is 0.517 e. The van der Waals surface area contributed by atoms with Crippen molar-refractivity contribution in [1.82, 2.24) is 0 Å². The fraction of sp³-hybridized carbons (Fsp3) is 0.143. The Labute approximate surface area is 129 Å². The van der Waals surface area contributed by atoms with E-state index in [-0.39, 0.29) is 5.56 Å². The molecule has 2 aromatic carbocycles. The highest BCUT2D eigenvalue weighted by atomic mass is 16.7. The number of nitro benzene ring substituents is 1. The van der Waals surface area contributed by atoms with Crippen molar-refractivity contribution >= 4 is 5.69 Å². The first-order valence-corrected chi connectivity index (χ1v) is 6.42. The van der Waals surface area contributed by atoms with Gasteiger partial charge in [-0.2, -0.15) is 0 Å². The van der Waals surface area contributed by atoms with E-state index < -0.39 is 31.7 Å². The van der Waals surface area contributed by atoms with Gasteiger partial charge in [0.25, 0.3) is 5.69 Å². The van der Waals surface area contributed by atoms with E-state index in [0.717, 1.165) is 12.1 Å². The zero-order valence-electron chi connectivity index (χ0n) is 11.9. The molecular weight excluding hydrogens is 306 g/mol. The molecule has 0 aliphatic heterocycles. The van der Waals surface area contributed by atoms with Crippen LogP contribution in [0.4, 0.5) is 5.69 Å². The summed E-state index contributed by atoms with van der Waals surface area (Å²) in [6, 6.07) is 10.3. The lowest BCUT2D eigenvalue weighted by atomic mass is 9.88. The van der Waals surface area contributed by atoms with Gasteiger partial charge in [0.2, 0.25) is 0 Å². The van der Waals surface area contributed by atoms with Crippen LogP contribution in [0.25, 0.3) is 0 Å². The van der Waals surface area contributed by atoms with Gasteiger partial charge in [-0.1, -0.05) is 30.3 Å². The van der Waals surface area contributed by atoms with Gasteiger partial charge in [-0.05, 0) is 24.6 Å². The second kappa shape index (κ2) is 5.79. The Kier molecular flexibility index (Phi) is 4.04. The maximum Gasteiger partial charge on any atom is 0.517 e. The Morgan fingerprint density at radius 2 is 1.26 bits per heavy atom. The smallest absolute Gasteiger partial charge is 0.258 e. The summed E-state index contributed by atoms with van der Waals surface area (Å²) in [7, 11) is 0. The van der Waals surface area contributed by atoms with Gasteiger partial charge in [0.1, 0.15) is 15.4 Å². The first-order valence-electron chi connectivity index (χ1n) is 6.42. The maximum atomic E-state index is 11.7. The van der Waals surface area contributed by atoms with E-state index in [2.05, 4.69) is 0 Å².